The minimum Gasteiger partial charge on any atom is -0.282 e. The molecule has 8 heteroatoms. The van der Waals surface area contributed by atoms with Gasteiger partial charge in [-0.1, -0.05) is 29.5 Å². The van der Waals surface area contributed by atoms with E-state index in [1.165, 1.54) is 11.0 Å². The average Bonchev–Trinajstić information content (AvgIpc) is 3.08. The molecule has 0 spiro atoms. The van der Waals surface area contributed by atoms with Gasteiger partial charge in [0.15, 0.2) is 0 Å². The van der Waals surface area contributed by atoms with Crippen LogP contribution in [0.3, 0.4) is 0 Å². The van der Waals surface area contributed by atoms with Gasteiger partial charge in [-0.05, 0) is 24.6 Å². The van der Waals surface area contributed by atoms with Crippen molar-refractivity contribution < 1.29 is 14.5 Å². The van der Waals surface area contributed by atoms with E-state index in [4.69, 9.17) is 0 Å². The fourth-order valence-electron chi connectivity index (χ4n) is 2.52. The molecular weight excluding hydrogens is 318 g/mol. The standard InChI is InChI=1S/C15H13N3O4S/c1-10-14(19)16(8-11-7-13(18(21)22)23-9-11)15(20)17(10)12-5-3-2-4-6-12/h2-7,9-10H,8H2,1H3. The molecule has 1 aromatic carbocycles. The SMILES string of the molecule is CC1C(=O)N(Cc2csc([N+](=O)[O-])c2)C(=O)N1c1ccccc1. The van der Waals surface area contributed by atoms with Gasteiger partial charge in [0.1, 0.15) is 6.04 Å². The van der Waals surface area contributed by atoms with Crippen LogP contribution in [0.1, 0.15) is 12.5 Å². The lowest BCUT2D eigenvalue weighted by Gasteiger charge is -2.19. The highest BCUT2D eigenvalue weighted by atomic mass is 32.1. The summed E-state index contributed by atoms with van der Waals surface area (Å²) in [5.41, 5.74) is 1.22. The zero-order valence-electron chi connectivity index (χ0n) is 12.2. The van der Waals surface area contributed by atoms with E-state index in [1.54, 1.807) is 36.6 Å². The predicted octanol–water partition coefficient (Wildman–Crippen LogP) is 3.01. The fraction of sp³-hybridized carbons (Fsp3) is 0.200. The quantitative estimate of drug-likeness (QED) is 0.490. The molecule has 1 unspecified atom stereocenters. The monoisotopic (exact) mass is 331 g/mol. The Hall–Kier alpha value is -2.74. The Balaban J connectivity index is 1.84. The molecule has 0 N–H and O–H groups in total. The molecule has 0 bridgehead atoms. The lowest BCUT2D eigenvalue weighted by atomic mass is 10.2. The van der Waals surface area contributed by atoms with Crippen molar-refractivity contribution in [3.05, 3.63) is 57.5 Å². The summed E-state index contributed by atoms with van der Waals surface area (Å²) in [4.78, 5) is 37.8. The third-order valence-corrected chi connectivity index (χ3v) is 4.57. The number of carbonyl (C=O) groups excluding carboxylic acids is 2. The number of rotatable bonds is 4. The summed E-state index contributed by atoms with van der Waals surface area (Å²) >= 11 is 0.979. The largest absolute Gasteiger partial charge is 0.332 e. The molecule has 0 radical (unpaired) electrons. The Kier molecular flexibility index (Phi) is 3.83. The van der Waals surface area contributed by atoms with E-state index in [9.17, 15) is 19.7 Å². The van der Waals surface area contributed by atoms with Crippen molar-refractivity contribution in [1.82, 2.24) is 4.90 Å². The minimum absolute atomic E-state index is 0.00735. The van der Waals surface area contributed by atoms with Gasteiger partial charge < -0.3 is 0 Å². The Morgan fingerprint density at radius 1 is 1.26 bits per heavy atom. The normalized spacial score (nSPS) is 17.9. The Bertz CT molecular complexity index is 774. The van der Waals surface area contributed by atoms with Crippen molar-refractivity contribution in [2.45, 2.75) is 19.5 Å². The molecule has 0 aliphatic carbocycles. The van der Waals surface area contributed by atoms with Crippen molar-refractivity contribution in [1.29, 1.82) is 0 Å². The lowest BCUT2D eigenvalue weighted by molar-refractivity contribution is -0.380. The zero-order valence-corrected chi connectivity index (χ0v) is 13.0. The molecular formula is C15H13N3O4S. The number of hydrogen-bond donors (Lipinski definition) is 0. The number of carbonyl (C=O) groups is 2. The summed E-state index contributed by atoms with van der Waals surface area (Å²) < 4.78 is 0. The first-order valence-electron chi connectivity index (χ1n) is 6.90. The molecule has 0 saturated carbocycles. The number of amides is 3. The van der Waals surface area contributed by atoms with Crippen molar-refractivity contribution in [2.75, 3.05) is 4.90 Å². The first kappa shape index (κ1) is 15.2. The summed E-state index contributed by atoms with van der Waals surface area (Å²) in [6, 6.07) is 9.33. The van der Waals surface area contributed by atoms with Crippen LogP contribution in [-0.4, -0.2) is 27.8 Å². The van der Waals surface area contributed by atoms with E-state index in [0.717, 1.165) is 16.2 Å². The van der Waals surface area contributed by atoms with Crippen LogP contribution in [0, 0.1) is 10.1 Å². The number of benzene rings is 1. The number of imide groups is 1. The predicted molar refractivity (Wildman–Crippen MR) is 85.3 cm³/mol. The van der Waals surface area contributed by atoms with E-state index in [1.807, 2.05) is 6.07 Å². The first-order chi connectivity index (χ1) is 11.0. The molecule has 1 fully saturated rings. The van der Waals surface area contributed by atoms with Crippen LogP contribution in [0.5, 0.6) is 0 Å². The minimum atomic E-state index is -0.599. The van der Waals surface area contributed by atoms with E-state index < -0.39 is 17.0 Å². The fourth-order valence-corrected chi connectivity index (χ4v) is 3.24. The molecule has 1 aliphatic rings. The summed E-state index contributed by atoms with van der Waals surface area (Å²) in [6.07, 6.45) is 0. The summed E-state index contributed by atoms with van der Waals surface area (Å²) in [6.45, 7) is 1.71. The molecule has 23 heavy (non-hydrogen) atoms. The molecule has 3 amide bonds. The van der Waals surface area contributed by atoms with Gasteiger partial charge in [0, 0.05) is 17.1 Å². The molecule has 118 valence electrons. The number of para-hydroxylation sites is 1. The van der Waals surface area contributed by atoms with Gasteiger partial charge in [-0.25, -0.2) is 4.79 Å². The Labute approximate surface area is 135 Å². The number of thiophene rings is 1. The van der Waals surface area contributed by atoms with Crippen LogP contribution in [0.25, 0.3) is 0 Å². The Morgan fingerprint density at radius 2 is 1.96 bits per heavy atom. The van der Waals surface area contributed by atoms with Crippen molar-refractivity contribution in [2.24, 2.45) is 0 Å². The summed E-state index contributed by atoms with van der Waals surface area (Å²) in [5.74, 6) is -0.312. The second kappa shape index (κ2) is 5.81. The van der Waals surface area contributed by atoms with Gasteiger partial charge in [-0.3, -0.25) is 24.7 Å². The number of hydrogen-bond acceptors (Lipinski definition) is 5. The molecule has 1 saturated heterocycles. The van der Waals surface area contributed by atoms with Gasteiger partial charge in [0.25, 0.3) is 5.91 Å². The molecule has 7 nitrogen and oxygen atoms in total. The maximum atomic E-state index is 12.6. The van der Waals surface area contributed by atoms with Crippen LogP contribution >= 0.6 is 11.3 Å². The van der Waals surface area contributed by atoms with Crippen LogP contribution in [0.4, 0.5) is 15.5 Å². The van der Waals surface area contributed by atoms with Crippen LogP contribution < -0.4 is 4.90 Å². The average molecular weight is 331 g/mol. The summed E-state index contributed by atoms with van der Waals surface area (Å²) in [5, 5.41) is 12.3. The van der Waals surface area contributed by atoms with Gasteiger partial charge in [0.05, 0.1) is 11.5 Å². The molecule has 1 aromatic heterocycles. The molecule has 2 aromatic rings. The van der Waals surface area contributed by atoms with Crippen LogP contribution in [0.15, 0.2) is 41.8 Å². The van der Waals surface area contributed by atoms with E-state index >= 15 is 0 Å². The molecule has 2 heterocycles. The number of urea groups is 1. The molecule has 3 rings (SSSR count). The second-order valence-electron chi connectivity index (χ2n) is 5.14. The van der Waals surface area contributed by atoms with Gasteiger partial charge in [-0.2, -0.15) is 0 Å². The maximum Gasteiger partial charge on any atom is 0.332 e. The summed E-state index contributed by atoms with van der Waals surface area (Å²) in [7, 11) is 0. The highest BCUT2D eigenvalue weighted by Gasteiger charge is 2.43. The topological polar surface area (TPSA) is 83.8 Å². The smallest absolute Gasteiger partial charge is 0.282 e. The van der Waals surface area contributed by atoms with Crippen molar-refractivity contribution in [3.63, 3.8) is 0 Å². The first-order valence-corrected chi connectivity index (χ1v) is 7.78. The van der Waals surface area contributed by atoms with Crippen molar-refractivity contribution in [3.8, 4) is 0 Å². The van der Waals surface area contributed by atoms with E-state index in [0.29, 0.717) is 11.3 Å². The number of nitrogens with zero attached hydrogens (tertiary/aromatic N) is 3. The highest BCUT2D eigenvalue weighted by molar-refractivity contribution is 7.13. The third kappa shape index (κ3) is 2.68. The highest BCUT2D eigenvalue weighted by Crippen LogP contribution is 2.29. The number of anilines is 1. The molecule has 1 aliphatic heterocycles. The lowest BCUT2D eigenvalue weighted by Crippen LogP contribution is -2.33. The third-order valence-electron chi connectivity index (χ3n) is 3.64. The Morgan fingerprint density at radius 3 is 2.57 bits per heavy atom. The van der Waals surface area contributed by atoms with Gasteiger partial charge in [-0.15, -0.1) is 0 Å². The molecule has 1 atom stereocenters. The van der Waals surface area contributed by atoms with Crippen LogP contribution in [0.2, 0.25) is 0 Å². The maximum absolute atomic E-state index is 12.6. The van der Waals surface area contributed by atoms with E-state index in [2.05, 4.69) is 0 Å². The van der Waals surface area contributed by atoms with Gasteiger partial charge >= 0.3 is 11.0 Å². The van der Waals surface area contributed by atoms with E-state index in [-0.39, 0.29) is 17.5 Å². The zero-order chi connectivity index (χ0) is 16.6. The second-order valence-corrected chi connectivity index (χ2v) is 6.03. The van der Waals surface area contributed by atoms with Crippen LogP contribution in [-0.2, 0) is 11.3 Å². The van der Waals surface area contributed by atoms with Crippen molar-refractivity contribution >= 4 is 34.0 Å². The van der Waals surface area contributed by atoms with Gasteiger partial charge in [0.2, 0.25) is 0 Å². The number of nitro groups is 1.